The highest BCUT2D eigenvalue weighted by molar-refractivity contribution is 5.82. The van der Waals surface area contributed by atoms with Crippen molar-refractivity contribution in [3.05, 3.63) is 23.8 Å². The molecule has 1 amide bonds. The van der Waals surface area contributed by atoms with E-state index in [0.717, 1.165) is 18.4 Å². The maximum atomic E-state index is 12.4. The van der Waals surface area contributed by atoms with E-state index in [0.29, 0.717) is 0 Å². The minimum Gasteiger partial charge on any atom is -0.482 e. The van der Waals surface area contributed by atoms with Crippen molar-refractivity contribution in [2.24, 2.45) is 5.92 Å². The van der Waals surface area contributed by atoms with Gasteiger partial charge >= 0.3 is 6.18 Å². The molecular weight excluding hydrogens is 335 g/mol. The van der Waals surface area contributed by atoms with Gasteiger partial charge in [0.15, 0.2) is 6.61 Å². The van der Waals surface area contributed by atoms with Crippen LogP contribution in [-0.2, 0) is 4.79 Å². The van der Waals surface area contributed by atoms with E-state index in [1.165, 1.54) is 6.07 Å². The molecule has 0 radical (unpaired) electrons. The number of nitrogens with one attached hydrogen (secondary N) is 2. The van der Waals surface area contributed by atoms with Crippen molar-refractivity contribution in [2.45, 2.75) is 38.4 Å². The molecule has 0 saturated heterocycles. The van der Waals surface area contributed by atoms with Crippen molar-refractivity contribution in [1.29, 1.82) is 5.26 Å². The quantitative estimate of drug-likeness (QED) is 0.788. The third-order valence-corrected chi connectivity index (χ3v) is 3.99. The lowest BCUT2D eigenvalue weighted by Crippen LogP contribution is -2.48. The van der Waals surface area contributed by atoms with Crippen LogP contribution in [-0.4, -0.2) is 30.8 Å². The Kier molecular flexibility index (Phi) is 5.45. The van der Waals surface area contributed by atoms with Crippen molar-refractivity contribution in [2.75, 3.05) is 18.5 Å². The summed E-state index contributed by atoms with van der Waals surface area (Å²) in [4.78, 5) is 12.1. The second kappa shape index (κ2) is 7.21. The maximum Gasteiger partial charge on any atom is 0.422 e. The summed E-state index contributed by atoms with van der Waals surface area (Å²) in [5.41, 5.74) is 0.106. The molecular formula is C17H20F3N3O2. The number of alkyl halides is 3. The van der Waals surface area contributed by atoms with E-state index in [1.807, 2.05) is 0 Å². The summed E-state index contributed by atoms with van der Waals surface area (Å²) in [7, 11) is 0. The first-order valence-electron chi connectivity index (χ1n) is 7.89. The molecule has 2 N–H and O–H groups in total. The number of carbonyl (C=O) groups excluding carboxylic acids is 1. The maximum absolute atomic E-state index is 12.4. The van der Waals surface area contributed by atoms with E-state index in [1.54, 1.807) is 26.0 Å². The molecule has 1 atom stereocenters. The van der Waals surface area contributed by atoms with E-state index < -0.39 is 24.2 Å². The van der Waals surface area contributed by atoms with Crippen LogP contribution in [0.15, 0.2) is 18.2 Å². The van der Waals surface area contributed by atoms with Crippen LogP contribution in [0.5, 0.6) is 5.75 Å². The summed E-state index contributed by atoms with van der Waals surface area (Å²) >= 11 is 0. The SMILES string of the molecule is Cc1ccc(NCC(=O)NC(C)(C#N)C2CC2)c(OCC(F)(F)F)c1. The topological polar surface area (TPSA) is 74.2 Å². The van der Waals surface area contributed by atoms with Crippen LogP contribution in [0.1, 0.15) is 25.3 Å². The first-order chi connectivity index (χ1) is 11.6. The molecule has 0 heterocycles. The minimum absolute atomic E-state index is 0.0235. The number of aryl methyl sites for hydroxylation is 1. The number of hydrogen-bond acceptors (Lipinski definition) is 4. The molecule has 1 aromatic rings. The van der Waals surface area contributed by atoms with Gasteiger partial charge in [-0.3, -0.25) is 4.79 Å². The van der Waals surface area contributed by atoms with E-state index in [9.17, 15) is 23.2 Å². The predicted molar refractivity (Wildman–Crippen MR) is 86.1 cm³/mol. The molecule has 0 aliphatic heterocycles. The first kappa shape index (κ1) is 18.9. The highest BCUT2D eigenvalue weighted by atomic mass is 19.4. The molecule has 0 spiro atoms. The molecule has 1 unspecified atom stereocenters. The minimum atomic E-state index is -4.45. The number of anilines is 1. The molecule has 25 heavy (non-hydrogen) atoms. The average Bonchev–Trinajstić information content (AvgIpc) is 3.36. The van der Waals surface area contributed by atoms with Gasteiger partial charge in [-0.1, -0.05) is 6.07 Å². The fourth-order valence-corrected chi connectivity index (χ4v) is 2.45. The highest BCUT2D eigenvalue weighted by Crippen LogP contribution is 2.39. The Bertz CT molecular complexity index is 681. The van der Waals surface area contributed by atoms with Crippen LogP contribution in [0.25, 0.3) is 0 Å². The van der Waals surface area contributed by atoms with Gasteiger partial charge in [0.1, 0.15) is 11.3 Å². The first-order valence-corrected chi connectivity index (χ1v) is 7.89. The Morgan fingerprint density at radius 3 is 2.64 bits per heavy atom. The number of amides is 1. The van der Waals surface area contributed by atoms with Gasteiger partial charge in [-0.15, -0.1) is 0 Å². The van der Waals surface area contributed by atoms with Crippen molar-refractivity contribution in [3.63, 3.8) is 0 Å². The lowest BCUT2D eigenvalue weighted by molar-refractivity contribution is -0.153. The largest absolute Gasteiger partial charge is 0.482 e. The molecule has 5 nitrogen and oxygen atoms in total. The third-order valence-electron chi connectivity index (χ3n) is 3.99. The smallest absolute Gasteiger partial charge is 0.422 e. The predicted octanol–water partition coefficient (Wildman–Crippen LogP) is 3.16. The van der Waals surface area contributed by atoms with E-state index in [4.69, 9.17) is 4.74 Å². The third kappa shape index (κ3) is 5.55. The fourth-order valence-electron chi connectivity index (χ4n) is 2.45. The lowest BCUT2D eigenvalue weighted by atomic mass is 9.98. The summed E-state index contributed by atoms with van der Waals surface area (Å²) in [5.74, 6) is -0.236. The number of nitrogens with zero attached hydrogens (tertiary/aromatic N) is 1. The molecule has 1 aliphatic rings. The molecule has 136 valence electrons. The summed E-state index contributed by atoms with van der Waals surface area (Å²) in [6.07, 6.45) is -2.66. The van der Waals surface area contributed by atoms with Crippen LogP contribution in [0, 0.1) is 24.2 Å². The van der Waals surface area contributed by atoms with Crippen molar-refractivity contribution in [3.8, 4) is 11.8 Å². The molecule has 0 aromatic heterocycles. The van der Waals surface area contributed by atoms with Crippen LogP contribution >= 0.6 is 0 Å². The molecule has 1 aliphatic carbocycles. The number of halogens is 3. The van der Waals surface area contributed by atoms with E-state index in [-0.39, 0.29) is 23.9 Å². The normalized spacial score (nSPS) is 16.5. The van der Waals surface area contributed by atoms with E-state index >= 15 is 0 Å². The second-order valence-electron chi connectivity index (χ2n) is 6.39. The molecule has 8 heteroatoms. The molecule has 0 bridgehead atoms. The van der Waals surface area contributed by atoms with Gasteiger partial charge in [0.2, 0.25) is 5.91 Å². The van der Waals surface area contributed by atoms with Crippen LogP contribution in [0.4, 0.5) is 18.9 Å². The summed E-state index contributed by atoms with van der Waals surface area (Å²) in [5, 5.41) is 14.7. The fraction of sp³-hybridized carbons (Fsp3) is 0.529. The molecule has 1 aromatic carbocycles. The van der Waals surface area contributed by atoms with Crippen molar-refractivity contribution < 1.29 is 22.7 Å². The van der Waals surface area contributed by atoms with Crippen LogP contribution < -0.4 is 15.4 Å². The zero-order chi connectivity index (χ0) is 18.7. The van der Waals surface area contributed by atoms with Crippen molar-refractivity contribution >= 4 is 11.6 Å². The number of hydrogen-bond donors (Lipinski definition) is 2. The van der Waals surface area contributed by atoms with Gasteiger partial charge in [-0.2, -0.15) is 18.4 Å². The van der Waals surface area contributed by atoms with Gasteiger partial charge in [0.25, 0.3) is 0 Å². The van der Waals surface area contributed by atoms with Gasteiger partial charge in [-0.05, 0) is 50.3 Å². The zero-order valence-corrected chi connectivity index (χ0v) is 14.0. The number of ether oxygens (including phenoxy) is 1. The van der Waals surface area contributed by atoms with Gasteiger partial charge in [-0.25, -0.2) is 0 Å². The monoisotopic (exact) mass is 355 g/mol. The highest BCUT2D eigenvalue weighted by Gasteiger charge is 2.42. The summed E-state index contributed by atoms with van der Waals surface area (Å²) in [6, 6.07) is 6.84. The Morgan fingerprint density at radius 2 is 2.08 bits per heavy atom. The number of rotatable bonds is 7. The van der Waals surface area contributed by atoms with Gasteiger partial charge < -0.3 is 15.4 Å². The van der Waals surface area contributed by atoms with Crippen LogP contribution in [0.2, 0.25) is 0 Å². The molecule has 1 fully saturated rings. The number of nitriles is 1. The second-order valence-corrected chi connectivity index (χ2v) is 6.39. The molecule has 2 rings (SSSR count). The van der Waals surface area contributed by atoms with E-state index in [2.05, 4.69) is 16.7 Å². The van der Waals surface area contributed by atoms with Gasteiger partial charge in [0.05, 0.1) is 18.3 Å². The van der Waals surface area contributed by atoms with Crippen molar-refractivity contribution in [1.82, 2.24) is 5.32 Å². The Labute approximate surface area is 144 Å². The summed E-state index contributed by atoms with van der Waals surface area (Å²) < 4.78 is 41.9. The zero-order valence-electron chi connectivity index (χ0n) is 14.0. The van der Waals surface area contributed by atoms with Crippen LogP contribution in [0.3, 0.4) is 0 Å². The average molecular weight is 355 g/mol. The van der Waals surface area contributed by atoms with Gasteiger partial charge in [0, 0.05) is 0 Å². The lowest BCUT2D eigenvalue weighted by Gasteiger charge is -2.23. The Morgan fingerprint density at radius 1 is 1.40 bits per heavy atom. The molecule has 1 saturated carbocycles. The Balaban J connectivity index is 1.97. The number of benzene rings is 1. The summed E-state index contributed by atoms with van der Waals surface area (Å²) in [6.45, 7) is 1.82. The number of carbonyl (C=O) groups is 1. The Hall–Kier alpha value is -2.43. The standard InChI is InChI=1S/C17H20F3N3O2/c1-11-3-6-13(14(7-11)25-10-17(18,19)20)22-8-15(24)23-16(2,9-21)12-4-5-12/h3,6-7,12,22H,4-5,8,10H2,1-2H3,(H,23,24).